The van der Waals surface area contributed by atoms with Crippen molar-refractivity contribution in [2.75, 3.05) is 6.54 Å². The first-order chi connectivity index (χ1) is 8.96. The van der Waals surface area contributed by atoms with E-state index in [2.05, 4.69) is 38.2 Å². The number of ketones is 1. The zero-order valence-corrected chi connectivity index (χ0v) is 12.3. The highest BCUT2D eigenvalue weighted by Gasteiger charge is 2.19. The van der Waals surface area contributed by atoms with E-state index in [1.165, 1.54) is 24.8 Å². The average molecular weight is 259 g/mol. The second-order valence-electron chi connectivity index (χ2n) is 6.60. The van der Waals surface area contributed by atoms with Crippen LogP contribution in [-0.4, -0.2) is 17.9 Å². The summed E-state index contributed by atoms with van der Waals surface area (Å²) in [5.41, 5.74) is 2.32. The molecule has 0 aliphatic heterocycles. The van der Waals surface area contributed by atoms with E-state index in [0.717, 1.165) is 18.0 Å². The van der Waals surface area contributed by atoms with Crippen molar-refractivity contribution in [3.05, 3.63) is 35.4 Å². The molecule has 2 nitrogen and oxygen atoms in total. The molecular weight excluding hydrogens is 234 g/mol. The molecule has 1 aliphatic carbocycles. The summed E-state index contributed by atoms with van der Waals surface area (Å²) < 4.78 is 0. The molecule has 0 spiro atoms. The van der Waals surface area contributed by atoms with Gasteiger partial charge in [0, 0.05) is 24.1 Å². The van der Waals surface area contributed by atoms with Crippen molar-refractivity contribution in [3.63, 3.8) is 0 Å². The van der Waals surface area contributed by atoms with E-state index in [1.54, 1.807) is 0 Å². The maximum atomic E-state index is 12.1. The molecule has 1 fully saturated rings. The highest BCUT2D eigenvalue weighted by Crippen LogP contribution is 2.36. The molecule has 1 aromatic carbocycles. The monoisotopic (exact) mass is 259 g/mol. The fourth-order valence-corrected chi connectivity index (χ4v) is 2.38. The molecule has 0 unspecified atom stereocenters. The largest absolute Gasteiger partial charge is 0.312 e. The van der Waals surface area contributed by atoms with E-state index in [9.17, 15) is 4.79 Å². The Kier molecular flexibility index (Phi) is 4.41. The Balaban J connectivity index is 1.85. The third-order valence-electron chi connectivity index (χ3n) is 3.82. The Morgan fingerprint density at radius 2 is 1.84 bits per heavy atom. The third-order valence-corrected chi connectivity index (χ3v) is 3.82. The lowest BCUT2D eigenvalue weighted by atomic mass is 9.80. The zero-order chi connectivity index (χ0) is 13.9. The zero-order valence-electron chi connectivity index (χ0n) is 12.3. The topological polar surface area (TPSA) is 29.1 Å². The smallest absolute Gasteiger partial charge is 0.164 e. The van der Waals surface area contributed by atoms with Gasteiger partial charge in [0.1, 0.15) is 0 Å². The van der Waals surface area contributed by atoms with E-state index in [4.69, 9.17) is 0 Å². The number of hydrogen-bond donors (Lipinski definition) is 1. The van der Waals surface area contributed by atoms with Gasteiger partial charge in [0.05, 0.1) is 0 Å². The Bertz CT molecular complexity index is 424. The Morgan fingerprint density at radius 3 is 2.32 bits per heavy atom. The summed E-state index contributed by atoms with van der Waals surface area (Å²) in [5, 5.41) is 3.35. The van der Waals surface area contributed by atoms with E-state index in [-0.39, 0.29) is 11.3 Å². The van der Waals surface area contributed by atoms with Gasteiger partial charge in [-0.3, -0.25) is 4.79 Å². The number of nitrogens with one attached hydrogen (secondary N) is 1. The van der Waals surface area contributed by atoms with Gasteiger partial charge in [-0.1, -0.05) is 30.7 Å². The van der Waals surface area contributed by atoms with Gasteiger partial charge in [0.15, 0.2) is 5.78 Å². The maximum Gasteiger partial charge on any atom is 0.164 e. The maximum absolute atomic E-state index is 12.1. The Hall–Kier alpha value is -1.15. The summed E-state index contributed by atoms with van der Waals surface area (Å²) in [6.07, 6.45) is 4.54. The summed E-state index contributed by atoms with van der Waals surface area (Å²) in [6, 6.07) is 8.25. The van der Waals surface area contributed by atoms with Crippen molar-refractivity contribution in [2.24, 2.45) is 0 Å². The first-order valence-electron chi connectivity index (χ1n) is 7.34. The van der Waals surface area contributed by atoms with Gasteiger partial charge in [0.25, 0.3) is 0 Å². The Morgan fingerprint density at radius 1 is 1.21 bits per heavy atom. The minimum atomic E-state index is 0.0777. The van der Waals surface area contributed by atoms with Crippen LogP contribution >= 0.6 is 0 Å². The molecule has 0 aromatic heterocycles. The number of rotatable bonds is 5. The van der Waals surface area contributed by atoms with Gasteiger partial charge in [0.2, 0.25) is 0 Å². The highest BCUT2D eigenvalue weighted by molar-refractivity contribution is 5.96. The molecule has 1 saturated carbocycles. The standard InChI is InChI=1S/C17H25NO/c1-17(2,3)18-12-11-16(19)15-9-7-14(8-10-15)13-5-4-6-13/h7-10,13,18H,4-6,11-12H2,1-3H3. The van der Waals surface area contributed by atoms with Crippen LogP contribution in [0.5, 0.6) is 0 Å². The molecular formula is C17H25NO. The number of carbonyl (C=O) groups is 1. The van der Waals surface area contributed by atoms with E-state index in [0.29, 0.717) is 6.42 Å². The molecule has 0 saturated heterocycles. The van der Waals surface area contributed by atoms with Crippen molar-refractivity contribution >= 4 is 5.78 Å². The normalized spacial score (nSPS) is 16.2. The van der Waals surface area contributed by atoms with Gasteiger partial charge in [-0.2, -0.15) is 0 Å². The second kappa shape index (κ2) is 5.87. The van der Waals surface area contributed by atoms with Crippen molar-refractivity contribution in [1.29, 1.82) is 0 Å². The number of hydrogen-bond acceptors (Lipinski definition) is 2. The van der Waals surface area contributed by atoms with Crippen molar-refractivity contribution in [1.82, 2.24) is 5.32 Å². The molecule has 0 amide bonds. The fourth-order valence-electron chi connectivity index (χ4n) is 2.38. The quantitative estimate of drug-likeness (QED) is 0.812. The lowest BCUT2D eigenvalue weighted by Gasteiger charge is -2.25. The van der Waals surface area contributed by atoms with Crippen LogP contribution in [0.25, 0.3) is 0 Å². The van der Waals surface area contributed by atoms with E-state index < -0.39 is 0 Å². The predicted octanol–water partition coefficient (Wildman–Crippen LogP) is 3.92. The van der Waals surface area contributed by atoms with Gasteiger partial charge in [-0.05, 0) is 45.1 Å². The first-order valence-corrected chi connectivity index (χ1v) is 7.34. The SMILES string of the molecule is CC(C)(C)NCCC(=O)c1ccc(C2CCC2)cc1. The second-order valence-corrected chi connectivity index (χ2v) is 6.60. The molecule has 1 N–H and O–H groups in total. The molecule has 0 bridgehead atoms. The lowest BCUT2D eigenvalue weighted by Crippen LogP contribution is -2.37. The van der Waals surface area contributed by atoms with Gasteiger partial charge in [-0.25, -0.2) is 0 Å². The molecule has 1 aliphatic rings. The van der Waals surface area contributed by atoms with Crippen LogP contribution in [0.4, 0.5) is 0 Å². The van der Waals surface area contributed by atoms with Crippen molar-refractivity contribution in [2.45, 2.75) is 57.9 Å². The number of carbonyl (C=O) groups excluding carboxylic acids is 1. The molecule has 0 radical (unpaired) electrons. The van der Waals surface area contributed by atoms with Gasteiger partial charge in [-0.15, -0.1) is 0 Å². The summed E-state index contributed by atoms with van der Waals surface area (Å²) >= 11 is 0. The van der Waals surface area contributed by atoms with Crippen LogP contribution in [0.1, 0.15) is 68.3 Å². The Labute approximate surface area is 116 Å². The van der Waals surface area contributed by atoms with Crippen LogP contribution in [0.15, 0.2) is 24.3 Å². The third kappa shape index (κ3) is 4.17. The average Bonchev–Trinajstić information content (AvgIpc) is 2.25. The minimum absolute atomic E-state index is 0.0777. The van der Waals surface area contributed by atoms with Gasteiger partial charge < -0.3 is 5.32 Å². The summed E-state index contributed by atoms with van der Waals surface area (Å²) in [6.45, 7) is 7.09. The van der Waals surface area contributed by atoms with Crippen LogP contribution in [0.2, 0.25) is 0 Å². The van der Waals surface area contributed by atoms with Crippen LogP contribution in [0, 0.1) is 0 Å². The van der Waals surface area contributed by atoms with E-state index >= 15 is 0 Å². The van der Waals surface area contributed by atoms with Gasteiger partial charge >= 0.3 is 0 Å². The van der Waals surface area contributed by atoms with Crippen molar-refractivity contribution < 1.29 is 4.79 Å². The van der Waals surface area contributed by atoms with Crippen LogP contribution in [-0.2, 0) is 0 Å². The van der Waals surface area contributed by atoms with Crippen LogP contribution < -0.4 is 5.32 Å². The van der Waals surface area contributed by atoms with E-state index in [1.807, 2.05) is 12.1 Å². The molecule has 0 heterocycles. The molecule has 1 aromatic rings. The summed E-state index contributed by atoms with van der Waals surface area (Å²) in [4.78, 5) is 12.1. The van der Waals surface area contributed by atoms with Crippen LogP contribution in [0.3, 0.4) is 0 Å². The molecule has 2 rings (SSSR count). The number of Topliss-reactive ketones (excluding diaryl/α,β-unsaturated/α-hetero) is 1. The molecule has 19 heavy (non-hydrogen) atoms. The highest BCUT2D eigenvalue weighted by atomic mass is 16.1. The fraction of sp³-hybridized carbons (Fsp3) is 0.588. The molecule has 104 valence electrons. The summed E-state index contributed by atoms with van der Waals surface area (Å²) in [5.74, 6) is 0.976. The lowest BCUT2D eigenvalue weighted by molar-refractivity contribution is 0.0980. The first kappa shape index (κ1) is 14.3. The number of benzene rings is 1. The summed E-state index contributed by atoms with van der Waals surface area (Å²) in [7, 11) is 0. The predicted molar refractivity (Wildman–Crippen MR) is 79.7 cm³/mol. The minimum Gasteiger partial charge on any atom is -0.312 e. The molecule has 2 heteroatoms. The van der Waals surface area contributed by atoms with Crippen molar-refractivity contribution in [3.8, 4) is 0 Å². The molecule has 0 atom stereocenters.